The van der Waals surface area contributed by atoms with Crippen LogP contribution in [0, 0.1) is 11.8 Å². The number of primary amides is 1. The van der Waals surface area contributed by atoms with Crippen LogP contribution in [-0.4, -0.2) is 80.3 Å². The van der Waals surface area contributed by atoms with E-state index in [0.717, 1.165) is 6.42 Å². The molecule has 0 aromatic heterocycles. The van der Waals surface area contributed by atoms with Crippen LogP contribution >= 0.6 is 0 Å². The molecule has 11 nitrogen and oxygen atoms in total. The first kappa shape index (κ1) is 25.8. The highest BCUT2D eigenvalue weighted by Crippen LogP contribution is 2.59. The van der Waals surface area contributed by atoms with E-state index in [1.807, 2.05) is 6.92 Å². The van der Waals surface area contributed by atoms with E-state index in [0.29, 0.717) is 13.0 Å². The summed E-state index contributed by atoms with van der Waals surface area (Å²) < 4.78 is 5.76. The Labute approximate surface area is 206 Å². The van der Waals surface area contributed by atoms with Crippen LogP contribution < -0.4 is 10.5 Å². The summed E-state index contributed by atoms with van der Waals surface area (Å²) in [6.45, 7) is 2.27. The number of aliphatic hydroxyl groups is 3. The number of unbranched alkanes of at least 4 members (excludes halogenated alkanes) is 1. The van der Waals surface area contributed by atoms with E-state index in [1.54, 1.807) is 12.1 Å². The number of hydrogen-bond donors (Lipinski definition) is 6. The van der Waals surface area contributed by atoms with E-state index in [2.05, 4.69) is 0 Å². The SMILES string of the molecule is CCCCOc1cccc2c(O)c3c(c(O)c12)C(O)[C@]1(O)C(=O)C(C(N)=O)C(=O)[C@@H](N(C)C)[C@@H]1[C@H]3O. The van der Waals surface area contributed by atoms with Crippen molar-refractivity contribution in [3.63, 3.8) is 0 Å². The van der Waals surface area contributed by atoms with Crippen LogP contribution in [0.25, 0.3) is 10.8 Å². The van der Waals surface area contributed by atoms with Crippen molar-refractivity contribution in [1.82, 2.24) is 4.90 Å². The monoisotopic (exact) mass is 502 g/mol. The molecule has 11 heteroatoms. The number of hydrogen-bond acceptors (Lipinski definition) is 10. The van der Waals surface area contributed by atoms with Crippen LogP contribution in [0.3, 0.4) is 0 Å². The number of nitrogens with zero attached hydrogens (tertiary/aromatic N) is 1. The third-order valence-corrected chi connectivity index (χ3v) is 7.32. The molecule has 194 valence electrons. The van der Waals surface area contributed by atoms with Crippen LogP contribution in [-0.2, 0) is 14.4 Å². The zero-order chi connectivity index (χ0) is 26.7. The summed E-state index contributed by atoms with van der Waals surface area (Å²) in [7, 11) is 2.87. The van der Waals surface area contributed by atoms with Gasteiger partial charge < -0.3 is 36.0 Å². The quantitative estimate of drug-likeness (QED) is 0.179. The molecule has 0 radical (unpaired) electrons. The minimum Gasteiger partial charge on any atom is -0.507 e. The first-order valence-electron chi connectivity index (χ1n) is 11.7. The van der Waals surface area contributed by atoms with Crippen LogP contribution in [0.4, 0.5) is 0 Å². The largest absolute Gasteiger partial charge is 0.507 e. The highest BCUT2D eigenvalue weighted by atomic mass is 16.5. The molecule has 2 aromatic rings. The number of aliphatic hydroxyl groups excluding tert-OH is 2. The van der Waals surface area contributed by atoms with Gasteiger partial charge in [-0.05, 0) is 26.6 Å². The number of nitrogens with two attached hydrogens (primary N) is 1. The molecular formula is C25H30N2O9. The fraction of sp³-hybridized carbons (Fsp3) is 0.480. The summed E-state index contributed by atoms with van der Waals surface area (Å²) in [4.78, 5) is 39.8. The van der Waals surface area contributed by atoms with E-state index < -0.39 is 70.2 Å². The van der Waals surface area contributed by atoms with Gasteiger partial charge in [0.25, 0.3) is 0 Å². The molecule has 0 bridgehead atoms. The zero-order valence-corrected chi connectivity index (χ0v) is 20.1. The predicted octanol–water partition coefficient (Wildman–Crippen LogP) is 0.0411. The molecule has 2 aliphatic carbocycles. The Bertz CT molecular complexity index is 1260. The number of carbonyl (C=O) groups excluding carboxylic acids is 3. The Morgan fingerprint density at radius 2 is 1.81 bits per heavy atom. The van der Waals surface area contributed by atoms with Gasteiger partial charge in [0.15, 0.2) is 23.1 Å². The van der Waals surface area contributed by atoms with Crippen molar-refractivity contribution in [1.29, 1.82) is 0 Å². The standard InChI is InChI=1S/C25H30N2O9/c1-4-5-9-36-11-8-6-7-10-12(11)19(29)14-13(18(10)28)20(30)16-17(27(2)3)21(31)15(24(26)34)23(33)25(16,35)22(14)32/h6-8,15-17,20,22,28-30,32,35H,4-5,9H2,1-3H3,(H2,26,34)/t15?,16-,17+,20+,22?,25+/m1/s1. The molecule has 1 saturated carbocycles. The van der Waals surface area contributed by atoms with Crippen molar-refractivity contribution < 1.29 is 44.7 Å². The molecule has 2 aliphatic rings. The summed E-state index contributed by atoms with van der Waals surface area (Å²) in [6, 6.07) is 3.16. The molecule has 4 rings (SSSR count). The molecular weight excluding hydrogens is 472 g/mol. The number of phenols is 2. The smallest absolute Gasteiger partial charge is 0.235 e. The Hall–Kier alpha value is -3.25. The second kappa shape index (κ2) is 9.00. The van der Waals surface area contributed by atoms with Gasteiger partial charge in [0.1, 0.15) is 23.4 Å². The van der Waals surface area contributed by atoms with Crippen molar-refractivity contribution >= 4 is 28.2 Å². The molecule has 7 N–H and O–H groups in total. The number of rotatable bonds is 6. The second-order valence-electron chi connectivity index (χ2n) is 9.61. The minimum atomic E-state index is -2.88. The maximum Gasteiger partial charge on any atom is 0.235 e. The lowest BCUT2D eigenvalue weighted by atomic mass is 9.56. The zero-order valence-electron chi connectivity index (χ0n) is 20.1. The highest BCUT2D eigenvalue weighted by molar-refractivity contribution is 6.24. The van der Waals surface area contributed by atoms with Crippen LogP contribution in [0.5, 0.6) is 17.2 Å². The van der Waals surface area contributed by atoms with Crippen LogP contribution in [0.2, 0.25) is 0 Å². The lowest BCUT2D eigenvalue weighted by molar-refractivity contribution is -0.202. The number of benzene rings is 2. The Balaban J connectivity index is 2.03. The van der Waals surface area contributed by atoms with Gasteiger partial charge in [-0.3, -0.25) is 19.3 Å². The van der Waals surface area contributed by atoms with E-state index in [1.165, 1.54) is 25.1 Å². The molecule has 2 unspecified atom stereocenters. The van der Waals surface area contributed by atoms with Gasteiger partial charge in [0.05, 0.1) is 30.1 Å². The molecule has 6 atom stereocenters. The number of ketones is 2. The van der Waals surface area contributed by atoms with Gasteiger partial charge in [-0.1, -0.05) is 25.5 Å². The van der Waals surface area contributed by atoms with Gasteiger partial charge in [0.2, 0.25) is 5.91 Å². The second-order valence-corrected chi connectivity index (χ2v) is 9.61. The van der Waals surface area contributed by atoms with Gasteiger partial charge >= 0.3 is 0 Å². The molecule has 36 heavy (non-hydrogen) atoms. The van der Waals surface area contributed by atoms with E-state index in [9.17, 15) is 39.9 Å². The summed E-state index contributed by atoms with van der Waals surface area (Å²) in [5.74, 6) is -8.35. The number of carbonyl (C=O) groups is 3. The van der Waals surface area contributed by atoms with E-state index >= 15 is 0 Å². The van der Waals surface area contributed by atoms with Crippen molar-refractivity contribution in [2.24, 2.45) is 17.6 Å². The minimum absolute atomic E-state index is 0.00750. The van der Waals surface area contributed by atoms with Gasteiger partial charge in [0, 0.05) is 16.5 Å². The first-order chi connectivity index (χ1) is 16.9. The molecule has 0 aliphatic heterocycles. The number of fused-ring (bicyclic) bond motifs is 3. The number of ether oxygens (including phenoxy) is 1. The molecule has 0 spiro atoms. The third-order valence-electron chi connectivity index (χ3n) is 7.32. The van der Waals surface area contributed by atoms with Gasteiger partial charge in [-0.2, -0.15) is 0 Å². The van der Waals surface area contributed by atoms with Crippen molar-refractivity contribution in [2.75, 3.05) is 20.7 Å². The number of amides is 1. The lowest BCUT2D eigenvalue weighted by Crippen LogP contribution is -2.71. The summed E-state index contributed by atoms with van der Waals surface area (Å²) in [6.07, 6.45) is -2.56. The van der Waals surface area contributed by atoms with E-state index in [-0.39, 0.29) is 22.1 Å². The predicted molar refractivity (Wildman–Crippen MR) is 126 cm³/mol. The third kappa shape index (κ3) is 3.38. The Kier molecular flexibility index (Phi) is 6.46. The topological polar surface area (TPSA) is 191 Å². The van der Waals surface area contributed by atoms with Gasteiger partial charge in [-0.15, -0.1) is 0 Å². The highest BCUT2D eigenvalue weighted by Gasteiger charge is 2.68. The summed E-state index contributed by atoms with van der Waals surface area (Å²) >= 11 is 0. The van der Waals surface area contributed by atoms with E-state index in [4.69, 9.17) is 10.5 Å². The average molecular weight is 503 g/mol. The van der Waals surface area contributed by atoms with Crippen LogP contribution in [0.15, 0.2) is 18.2 Å². The number of phenolic OH excluding ortho intramolecular Hbond substituents is 2. The number of likely N-dealkylation sites (N-methyl/N-ethyl adjacent to an activating group) is 1. The lowest BCUT2D eigenvalue weighted by Gasteiger charge is -2.53. The maximum absolute atomic E-state index is 13.3. The van der Waals surface area contributed by atoms with Crippen molar-refractivity contribution in [2.45, 2.75) is 43.6 Å². The van der Waals surface area contributed by atoms with Crippen LogP contribution in [0.1, 0.15) is 43.1 Å². The Morgan fingerprint density at radius 3 is 2.39 bits per heavy atom. The fourth-order valence-corrected chi connectivity index (χ4v) is 5.62. The molecule has 0 heterocycles. The normalized spacial score (nSPS) is 29.8. The summed E-state index contributed by atoms with van der Waals surface area (Å²) in [5, 5.41) is 57.0. The Morgan fingerprint density at radius 1 is 1.14 bits per heavy atom. The molecule has 1 fully saturated rings. The molecule has 1 amide bonds. The molecule has 0 saturated heterocycles. The van der Waals surface area contributed by atoms with Crippen molar-refractivity contribution in [3.8, 4) is 17.2 Å². The van der Waals surface area contributed by atoms with Gasteiger partial charge in [-0.25, -0.2) is 0 Å². The molecule has 2 aromatic carbocycles. The maximum atomic E-state index is 13.3. The fourth-order valence-electron chi connectivity index (χ4n) is 5.62. The first-order valence-corrected chi connectivity index (χ1v) is 11.7. The summed E-state index contributed by atoms with van der Waals surface area (Å²) in [5.41, 5.74) is 1.59. The number of Topliss-reactive ketones (excluding diaryl/α,β-unsaturated/α-hetero) is 2. The average Bonchev–Trinajstić information content (AvgIpc) is 2.81. The number of aromatic hydroxyl groups is 2. The van der Waals surface area contributed by atoms with Crippen molar-refractivity contribution in [3.05, 3.63) is 29.3 Å².